The SMILES string of the molecule is CN1CCC2(COCCC2CN)C1. The first-order chi connectivity index (χ1) is 6.27. The van der Waals surface area contributed by atoms with Gasteiger partial charge in [0.25, 0.3) is 0 Å². The van der Waals surface area contributed by atoms with E-state index in [9.17, 15) is 0 Å². The first kappa shape index (κ1) is 9.44. The van der Waals surface area contributed by atoms with Gasteiger partial charge in [0.2, 0.25) is 0 Å². The fourth-order valence-electron chi connectivity index (χ4n) is 2.85. The predicted octanol–water partition coefficient (Wildman–Crippen LogP) is 0.304. The van der Waals surface area contributed by atoms with E-state index in [1.165, 1.54) is 19.5 Å². The zero-order chi connectivity index (χ0) is 9.31. The molecule has 3 heteroatoms. The molecular formula is C10H20N2O. The van der Waals surface area contributed by atoms with Crippen molar-refractivity contribution in [3.8, 4) is 0 Å². The third kappa shape index (κ3) is 1.60. The molecule has 2 fully saturated rings. The van der Waals surface area contributed by atoms with Crippen molar-refractivity contribution >= 4 is 0 Å². The third-order valence-corrected chi connectivity index (χ3v) is 3.73. The molecule has 0 bridgehead atoms. The van der Waals surface area contributed by atoms with Crippen molar-refractivity contribution in [3.63, 3.8) is 0 Å². The lowest BCUT2D eigenvalue weighted by atomic mass is 9.72. The lowest BCUT2D eigenvalue weighted by Crippen LogP contribution is -2.45. The topological polar surface area (TPSA) is 38.5 Å². The highest BCUT2D eigenvalue weighted by Crippen LogP contribution is 2.41. The van der Waals surface area contributed by atoms with E-state index < -0.39 is 0 Å². The first-order valence-corrected chi connectivity index (χ1v) is 5.23. The van der Waals surface area contributed by atoms with E-state index in [0.717, 1.165) is 26.2 Å². The van der Waals surface area contributed by atoms with Crippen molar-refractivity contribution in [1.82, 2.24) is 4.90 Å². The lowest BCUT2D eigenvalue weighted by Gasteiger charge is -2.40. The second kappa shape index (κ2) is 3.56. The molecular weight excluding hydrogens is 164 g/mol. The van der Waals surface area contributed by atoms with Gasteiger partial charge < -0.3 is 15.4 Å². The fraction of sp³-hybridized carbons (Fsp3) is 1.00. The highest BCUT2D eigenvalue weighted by atomic mass is 16.5. The summed E-state index contributed by atoms with van der Waals surface area (Å²) in [6.45, 7) is 5.05. The van der Waals surface area contributed by atoms with Crippen molar-refractivity contribution in [2.24, 2.45) is 17.1 Å². The molecule has 0 aliphatic carbocycles. The average molecular weight is 184 g/mol. The molecule has 2 heterocycles. The van der Waals surface area contributed by atoms with Crippen molar-refractivity contribution in [1.29, 1.82) is 0 Å². The summed E-state index contributed by atoms with van der Waals surface area (Å²) in [5, 5.41) is 0. The summed E-state index contributed by atoms with van der Waals surface area (Å²) in [5.74, 6) is 0.686. The van der Waals surface area contributed by atoms with Crippen LogP contribution in [0.5, 0.6) is 0 Å². The molecule has 2 saturated heterocycles. The fourth-order valence-corrected chi connectivity index (χ4v) is 2.85. The molecule has 13 heavy (non-hydrogen) atoms. The molecule has 0 amide bonds. The van der Waals surface area contributed by atoms with Crippen LogP contribution in [0.1, 0.15) is 12.8 Å². The Morgan fingerprint density at radius 2 is 2.46 bits per heavy atom. The molecule has 2 atom stereocenters. The molecule has 2 rings (SSSR count). The summed E-state index contributed by atoms with van der Waals surface area (Å²) in [5.41, 5.74) is 6.22. The quantitative estimate of drug-likeness (QED) is 0.637. The number of likely N-dealkylation sites (tertiary alicyclic amines) is 1. The zero-order valence-corrected chi connectivity index (χ0v) is 8.46. The summed E-state index contributed by atoms with van der Waals surface area (Å²) in [6, 6.07) is 0. The number of nitrogens with two attached hydrogens (primary N) is 1. The molecule has 0 aromatic heterocycles. The summed E-state index contributed by atoms with van der Waals surface area (Å²) in [6.07, 6.45) is 2.43. The number of ether oxygens (including phenoxy) is 1. The van der Waals surface area contributed by atoms with Gasteiger partial charge in [0.05, 0.1) is 6.61 Å². The highest BCUT2D eigenvalue weighted by molar-refractivity contribution is 4.96. The second-order valence-corrected chi connectivity index (χ2v) is 4.62. The molecule has 1 spiro atoms. The molecule has 76 valence electrons. The Balaban J connectivity index is 2.08. The van der Waals surface area contributed by atoms with E-state index in [4.69, 9.17) is 10.5 Å². The Kier molecular flexibility index (Phi) is 2.58. The second-order valence-electron chi connectivity index (χ2n) is 4.62. The van der Waals surface area contributed by atoms with Crippen LogP contribution in [0.4, 0.5) is 0 Å². The van der Waals surface area contributed by atoms with Gasteiger partial charge in [-0.2, -0.15) is 0 Å². The van der Waals surface area contributed by atoms with Gasteiger partial charge in [-0.05, 0) is 38.9 Å². The van der Waals surface area contributed by atoms with E-state index >= 15 is 0 Å². The van der Waals surface area contributed by atoms with E-state index in [0.29, 0.717) is 11.3 Å². The van der Waals surface area contributed by atoms with Crippen LogP contribution in [0.25, 0.3) is 0 Å². The van der Waals surface area contributed by atoms with Gasteiger partial charge in [-0.25, -0.2) is 0 Å². The van der Waals surface area contributed by atoms with Gasteiger partial charge in [0.1, 0.15) is 0 Å². The number of hydrogen-bond donors (Lipinski definition) is 1. The summed E-state index contributed by atoms with van der Waals surface area (Å²) >= 11 is 0. The molecule has 2 aliphatic heterocycles. The van der Waals surface area contributed by atoms with E-state index in [2.05, 4.69) is 11.9 Å². The van der Waals surface area contributed by atoms with Crippen LogP contribution >= 0.6 is 0 Å². The monoisotopic (exact) mass is 184 g/mol. The third-order valence-electron chi connectivity index (χ3n) is 3.73. The largest absolute Gasteiger partial charge is 0.381 e. The maximum atomic E-state index is 5.83. The molecule has 2 N–H and O–H groups in total. The Bertz CT molecular complexity index is 182. The van der Waals surface area contributed by atoms with Crippen LogP contribution in [0.3, 0.4) is 0 Å². The van der Waals surface area contributed by atoms with Gasteiger partial charge >= 0.3 is 0 Å². The molecule has 0 aromatic carbocycles. The van der Waals surface area contributed by atoms with Crippen molar-refractivity contribution in [2.45, 2.75) is 12.8 Å². The van der Waals surface area contributed by atoms with Crippen LogP contribution < -0.4 is 5.73 Å². The van der Waals surface area contributed by atoms with Gasteiger partial charge in [0.15, 0.2) is 0 Å². The van der Waals surface area contributed by atoms with Gasteiger partial charge in [-0.3, -0.25) is 0 Å². The van der Waals surface area contributed by atoms with E-state index in [1.807, 2.05) is 0 Å². The zero-order valence-electron chi connectivity index (χ0n) is 8.46. The molecule has 0 radical (unpaired) electrons. The molecule has 3 nitrogen and oxygen atoms in total. The minimum absolute atomic E-state index is 0.391. The lowest BCUT2D eigenvalue weighted by molar-refractivity contribution is -0.0420. The summed E-state index contributed by atoms with van der Waals surface area (Å²) in [4.78, 5) is 2.40. The average Bonchev–Trinajstić information content (AvgIpc) is 2.49. The number of hydrogen-bond acceptors (Lipinski definition) is 3. The van der Waals surface area contributed by atoms with Gasteiger partial charge in [-0.15, -0.1) is 0 Å². The van der Waals surface area contributed by atoms with Crippen molar-refractivity contribution < 1.29 is 4.74 Å². The highest BCUT2D eigenvalue weighted by Gasteiger charge is 2.44. The Morgan fingerprint density at radius 1 is 1.62 bits per heavy atom. The number of nitrogens with zero attached hydrogens (tertiary/aromatic N) is 1. The van der Waals surface area contributed by atoms with Crippen LogP contribution in [-0.4, -0.2) is 44.8 Å². The van der Waals surface area contributed by atoms with Gasteiger partial charge in [0, 0.05) is 18.6 Å². The smallest absolute Gasteiger partial charge is 0.0538 e. The van der Waals surface area contributed by atoms with Gasteiger partial charge in [-0.1, -0.05) is 0 Å². The van der Waals surface area contributed by atoms with Crippen molar-refractivity contribution in [2.75, 3.05) is 39.9 Å². The molecule has 0 saturated carbocycles. The minimum Gasteiger partial charge on any atom is -0.381 e. The minimum atomic E-state index is 0.391. The predicted molar refractivity (Wildman–Crippen MR) is 52.5 cm³/mol. The van der Waals surface area contributed by atoms with Crippen LogP contribution in [0.2, 0.25) is 0 Å². The Hall–Kier alpha value is -0.120. The maximum absolute atomic E-state index is 5.83. The Labute approximate surface area is 80.2 Å². The van der Waals surface area contributed by atoms with E-state index in [-0.39, 0.29) is 0 Å². The Morgan fingerprint density at radius 3 is 3.08 bits per heavy atom. The van der Waals surface area contributed by atoms with Crippen LogP contribution in [0.15, 0.2) is 0 Å². The molecule has 0 aromatic rings. The van der Waals surface area contributed by atoms with Crippen LogP contribution in [-0.2, 0) is 4.74 Å². The summed E-state index contributed by atoms with van der Waals surface area (Å²) in [7, 11) is 2.19. The normalized spacial score (nSPS) is 41.5. The van der Waals surface area contributed by atoms with Crippen molar-refractivity contribution in [3.05, 3.63) is 0 Å². The standard InChI is InChI=1S/C10H20N2O/c1-12-4-3-10(7-12)8-13-5-2-9(10)6-11/h9H,2-8,11H2,1H3. The van der Waals surface area contributed by atoms with Crippen LogP contribution in [0, 0.1) is 11.3 Å². The molecule has 2 unspecified atom stereocenters. The summed E-state index contributed by atoms with van der Waals surface area (Å²) < 4.78 is 5.61. The number of rotatable bonds is 1. The first-order valence-electron chi connectivity index (χ1n) is 5.23. The van der Waals surface area contributed by atoms with E-state index in [1.54, 1.807) is 0 Å². The maximum Gasteiger partial charge on any atom is 0.0538 e. The molecule has 2 aliphatic rings.